The van der Waals surface area contributed by atoms with Crippen LogP contribution in [0.25, 0.3) is 0 Å². The van der Waals surface area contributed by atoms with Crippen molar-refractivity contribution in [1.82, 2.24) is 24.2 Å². The standard InChI is InChI=1S/C15H20ClN5O2/c1-2-21-9-12(16)13(18-21)14(22)20-6-3-15(23,4-7-20)10-19-8-5-17-11-19/h5,8-9,11,23H,2-4,6-7,10H2,1H3. The van der Waals surface area contributed by atoms with Crippen LogP contribution in [-0.4, -0.2) is 53.9 Å². The lowest BCUT2D eigenvalue weighted by Gasteiger charge is -2.38. The Morgan fingerprint density at radius 1 is 1.43 bits per heavy atom. The summed E-state index contributed by atoms with van der Waals surface area (Å²) in [5, 5.41) is 15.3. The molecule has 1 aliphatic rings. The number of aliphatic hydroxyl groups is 1. The first-order chi connectivity index (χ1) is 11.0. The van der Waals surface area contributed by atoms with Crippen LogP contribution in [0.15, 0.2) is 24.9 Å². The average molecular weight is 338 g/mol. The fourth-order valence-corrected chi connectivity index (χ4v) is 3.09. The van der Waals surface area contributed by atoms with Crippen LogP contribution in [0.4, 0.5) is 0 Å². The highest BCUT2D eigenvalue weighted by atomic mass is 35.5. The third-order valence-corrected chi connectivity index (χ3v) is 4.54. The van der Waals surface area contributed by atoms with Crippen molar-refractivity contribution in [2.45, 2.75) is 38.5 Å². The number of carbonyl (C=O) groups excluding carboxylic acids is 1. The van der Waals surface area contributed by atoms with Gasteiger partial charge in [-0.3, -0.25) is 9.48 Å². The predicted octanol–water partition coefficient (Wildman–Crippen LogP) is 1.42. The molecule has 0 aromatic carbocycles. The molecule has 0 spiro atoms. The summed E-state index contributed by atoms with van der Waals surface area (Å²) < 4.78 is 3.51. The quantitative estimate of drug-likeness (QED) is 0.915. The number of hydrogen-bond donors (Lipinski definition) is 1. The van der Waals surface area contributed by atoms with Gasteiger partial charge in [0.25, 0.3) is 5.91 Å². The van der Waals surface area contributed by atoms with Crippen LogP contribution >= 0.6 is 11.6 Å². The van der Waals surface area contributed by atoms with Gasteiger partial charge in [0.2, 0.25) is 0 Å². The van der Waals surface area contributed by atoms with Gasteiger partial charge in [-0.05, 0) is 19.8 Å². The molecule has 3 rings (SSSR count). The molecule has 3 heterocycles. The van der Waals surface area contributed by atoms with Crippen LogP contribution in [0.3, 0.4) is 0 Å². The van der Waals surface area contributed by atoms with Crippen LogP contribution in [0.2, 0.25) is 5.02 Å². The number of piperidine rings is 1. The number of carbonyl (C=O) groups is 1. The third kappa shape index (κ3) is 3.40. The molecular weight excluding hydrogens is 318 g/mol. The van der Waals surface area contributed by atoms with Gasteiger partial charge in [0.15, 0.2) is 5.69 Å². The lowest BCUT2D eigenvalue weighted by atomic mass is 9.91. The molecule has 0 atom stereocenters. The van der Waals surface area contributed by atoms with Gasteiger partial charge in [-0.25, -0.2) is 4.98 Å². The van der Waals surface area contributed by atoms with Gasteiger partial charge in [-0.1, -0.05) is 11.6 Å². The molecular formula is C15H20ClN5O2. The van der Waals surface area contributed by atoms with E-state index in [0.717, 1.165) is 0 Å². The van der Waals surface area contributed by atoms with Gasteiger partial charge in [0.05, 0.1) is 23.5 Å². The van der Waals surface area contributed by atoms with Crippen molar-refractivity contribution in [3.8, 4) is 0 Å². The lowest BCUT2D eigenvalue weighted by Crippen LogP contribution is -2.48. The number of imidazole rings is 1. The first kappa shape index (κ1) is 16.0. The van der Waals surface area contributed by atoms with Gasteiger partial charge in [0, 0.05) is 38.2 Å². The van der Waals surface area contributed by atoms with E-state index < -0.39 is 5.60 Å². The Balaban J connectivity index is 1.64. The van der Waals surface area contributed by atoms with Crippen molar-refractivity contribution in [1.29, 1.82) is 0 Å². The molecule has 8 heteroatoms. The van der Waals surface area contributed by atoms with Crippen LogP contribution in [-0.2, 0) is 13.1 Å². The fraction of sp³-hybridized carbons (Fsp3) is 0.533. The zero-order valence-electron chi connectivity index (χ0n) is 13.0. The first-order valence-electron chi connectivity index (χ1n) is 7.71. The van der Waals surface area contributed by atoms with Crippen molar-refractivity contribution in [2.75, 3.05) is 13.1 Å². The van der Waals surface area contributed by atoms with Crippen molar-refractivity contribution in [3.63, 3.8) is 0 Å². The minimum Gasteiger partial charge on any atom is -0.388 e. The number of nitrogens with zero attached hydrogens (tertiary/aromatic N) is 5. The highest BCUT2D eigenvalue weighted by Gasteiger charge is 2.35. The maximum Gasteiger partial charge on any atom is 0.275 e. The molecule has 2 aromatic rings. The molecule has 7 nitrogen and oxygen atoms in total. The predicted molar refractivity (Wildman–Crippen MR) is 85.2 cm³/mol. The van der Waals surface area contributed by atoms with Crippen molar-refractivity contribution < 1.29 is 9.90 Å². The van der Waals surface area contributed by atoms with Gasteiger partial charge in [-0.2, -0.15) is 5.10 Å². The van der Waals surface area contributed by atoms with E-state index in [9.17, 15) is 9.90 Å². The van der Waals surface area contributed by atoms with E-state index in [1.54, 1.807) is 28.3 Å². The van der Waals surface area contributed by atoms with Crippen LogP contribution in [0.1, 0.15) is 30.3 Å². The summed E-state index contributed by atoms with van der Waals surface area (Å²) in [4.78, 5) is 18.2. The van der Waals surface area contributed by atoms with Crippen LogP contribution in [0.5, 0.6) is 0 Å². The Morgan fingerprint density at radius 2 is 2.17 bits per heavy atom. The van der Waals surface area contributed by atoms with Crippen LogP contribution in [0, 0.1) is 0 Å². The first-order valence-corrected chi connectivity index (χ1v) is 8.09. The summed E-state index contributed by atoms with van der Waals surface area (Å²) in [5.41, 5.74) is -0.530. The van der Waals surface area contributed by atoms with E-state index in [1.807, 2.05) is 17.7 Å². The molecule has 1 saturated heterocycles. The van der Waals surface area contributed by atoms with Gasteiger partial charge >= 0.3 is 0 Å². The summed E-state index contributed by atoms with van der Waals surface area (Å²) >= 11 is 6.10. The van der Waals surface area contributed by atoms with Gasteiger partial charge in [0.1, 0.15) is 0 Å². The van der Waals surface area contributed by atoms with Crippen LogP contribution < -0.4 is 0 Å². The van der Waals surface area contributed by atoms with Gasteiger partial charge < -0.3 is 14.6 Å². The second-order valence-electron chi connectivity index (χ2n) is 5.93. The highest BCUT2D eigenvalue weighted by Crippen LogP contribution is 2.26. The zero-order valence-corrected chi connectivity index (χ0v) is 13.8. The molecule has 1 N–H and O–H groups in total. The molecule has 0 aliphatic carbocycles. The van der Waals surface area contributed by atoms with E-state index >= 15 is 0 Å². The number of aromatic nitrogens is 4. The number of rotatable bonds is 4. The minimum absolute atomic E-state index is 0.174. The molecule has 124 valence electrons. The summed E-state index contributed by atoms with van der Waals surface area (Å²) in [6.45, 7) is 4.06. The Labute approximate surface area is 139 Å². The monoisotopic (exact) mass is 337 g/mol. The maximum absolute atomic E-state index is 12.5. The molecule has 1 aliphatic heterocycles. The zero-order chi connectivity index (χ0) is 16.4. The molecule has 1 amide bonds. The summed E-state index contributed by atoms with van der Waals surface area (Å²) in [7, 11) is 0. The highest BCUT2D eigenvalue weighted by molar-refractivity contribution is 6.33. The average Bonchev–Trinajstić information content (AvgIpc) is 3.16. The normalized spacial score (nSPS) is 17.4. The Morgan fingerprint density at radius 3 is 2.74 bits per heavy atom. The molecule has 0 bridgehead atoms. The van der Waals surface area contributed by atoms with E-state index in [-0.39, 0.29) is 11.6 Å². The van der Waals surface area contributed by atoms with Gasteiger partial charge in [-0.15, -0.1) is 0 Å². The van der Waals surface area contributed by atoms with E-state index in [1.165, 1.54) is 0 Å². The lowest BCUT2D eigenvalue weighted by molar-refractivity contribution is -0.0293. The summed E-state index contributed by atoms with van der Waals surface area (Å²) in [6, 6.07) is 0. The molecule has 0 unspecified atom stereocenters. The second-order valence-corrected chi connectivity index (χ2v) is 6.34. The molecule has 0 saturated carbocycles. The number of aryl methyl sites for hydroxylation is 1. The largest absolute Gasteiger partial charge is 0.388 e. The minimum atomic E-state index is -0.815. The SMILES string of the molecule is CCn1cc(Cl)c(C(=O)N2CCC(O)(Cn3ccnc3)CC2)n1. The topological polar surface area (TPSA) is 76.2 Å². The Kier molecular flexibility index (Phi) is 4.41. The van der Waals surface area contributed by atoms with E-state index in [2.05, 4.69) is 10.1 Å². The number of halogens is 1. The summed E-state index contributed by atoms with van der Waals surface area (Å²) in [6.07, 6.45) is 7.90. The number of amides is 1. The molecule has 0 radical (unpaired) electrons. The number of likely N-dealkylation sites (tertiary alicyclic amines) is 1. The second kappa shape index (κ2) is 6.33. The molecule has 1 fully saturated rings. The summed E-state index contributed by atoms with van der Waals surface area (Å²) in [5.74, 6) is -0.174. The number of hydrogen-bond acceptors (Lipinski definition) is 4. The fourth-order valence-electron chi connectivity index (χ4n) is 2.86. The third-order valence-electron chi connectivity index (χ3n) is 4.26. The molecule has 23 heavy (non-hydrogen) atoms. The smallest absolute Gasteiger partial charge is 0.275 e. The molecule has 2 aromatic heterocycles. The Hall–Kier alpha value is -1.86. The van der Waals surface area contributed by atoms with E-state index in [4.69, 9.17) is 11.6 Å². The van der Waals surface area contributed by atoms with Crippen molar-refractivity contribution in [2.24, 2.45) is 0 Å². The van der Waals surface area contributed by atoms with Crippen molar-refractivity contribution in [3.05, 3.63) is 35.6 Å². The maximum atomic E-state index is 12.5. The van der Waals surface area contributed by atoms with E-state index in [0.29, 0.717) is 44.0 Å². The Bertz CT molecular complexity index is 674. The van der Waals surface area contributed by atoms with Crippen molar-refractivity contribution >= 4 is 17.5 Å².